The van der Waals surface area contributed by atoms with Crippen LogP contribution in [0.25, 0.3) is 0 Å². The van der Waals surface area contributed by atoms with Crippen LogP contribution < -0.4 is 0 Å². The van der Waals surface area contributed by atoms with Gasteiger partial charge in [0.15, 0.2) is 0 Å². The lowest BCUT2D eigenvalue weighted by Gasteiger charge is -2.24. The van der Waals surface area contributed by atoms with Crippen LogP contribution in [0.1, 0.15) is 20.8 Å². The summed E-state index contributed by atoms with van der Waals surface area (Å²) < 4.78 is 0. The van der Waals surface area contributed by atoms with E-state index in [1.165, 1.54) is 0 Å². The summed E-state index contributed by atoms with van der Waals surface area (Å²) in [5.74, 6) is 0. The van der Waals surface area contributed by atoms with Crippen LogP contribution in [0.15, 0.2) is 0 Å². The highest BCUT2D eigenvalue weighted by Gasteiger charge is 2.32. The van der Waals surface area contributed by atoms with Crippen molar-refractivity contribution < 1.29 is 9.90 Å². The van der Waals surface area contributed by atoms with E-state index in [4.69, 9.17) is 5.11 Å². The monoisotopic (exact) mass is 186 g/mol. The maximum Gasteiger partial charge on any atom is 0.320 e. The first-order valence-corrected chi connectivity index (χ1v) is 4.76. The molecule has 13 heavy (non-hydrogen) atoms. The lowest BCUT2D eigenvalue weighted by molar-refractivity contribution is 0.146. The van der Waals surface area contributed by atoms with E-state index in [-0.39, 0.29) is 24.7 Å². The summed E-state index contributed by atoms with van der Waals surface area (Å²) in [5, 5.41) is 8.93. The van der Waals surface area contributed by atoms with Crippen LogP contribution in [-0.2, 0) is 0 Å². The van der Waals surface area contributed by atoms with E-state index >= 15 is 0 Å². The molecule has 2 amide bonds. The zero-order valence-corrected chi connectivity index (χ0v) is 8.53. The Labute approximate surface area is 79.1 Å². The fraction of sp³-hybridized carbons (Fsp3) is 0.889. The molecule has 0 saturated carbocycles. The maximum atomic E-state index is 11.7. The summed E-state index contributed by atoms with van der Waals surface area (Å²) in [6.07, 6.45) is 0. The van der Waals surface area contributed by atoms with Crippen LogP contribution in [0.5, 0.6) is 0 Å². The molecule has 1 saturated heterocycles. The van der Waals surface area contributed by atoms with Gasteiger partial charge in [-0.05, 0) is 20.8 Å². The zero-order chi connectivity index (χ0) is 10.0. The van der Waals surface area contributed by atoms with Crippen molar-refractivity contribution in [2.75, 3.05) is 19.7 Å². The van der Waals surface area contributed by atoms with E-state index in [0.29, 0.717) is 0 Å². The van der Waals surface area contributed by atoms with Gasteiger partial charge in [0.05, 0.1) is 12.6 Å². The van der Waals surface area contributed by atoms with Crippen molar-refractivity contribution in [1.82, 2.24) is 9.80 Å². The molecule has 0 bridgehead atoms. The van der Waals surface area contributed by atoms with E-state index in [1.807, 2.05) is 25.7 Å². The van der Waals surface area contributed by atoms with Gasteiger partial charge in [0.25, 0.3) is 0 Å². The Hall–Kier alpha value is -0.770. The van der Waals surface area contributed by atoms with Crippen molar-refractivity contribution in [1.29, 1.82) is 0 Å². The second-order valence-electron chi connectivity index (χ2n) is 3.79. The van der Waals surface area contributed by atoms with Crippen LogP contribution >= 0.6 is 0 Å². The molecule has 0 radical (unpaired) electrons. The predicted octanol–water partition coefficient (Wildman–Crippen LogP) is 0.513. The van der Waals surface area contributed by atoms with Crippen LogP contribution in [0, 0.1) is 0 Å². The fourth-order valence-corrected chi connectivity index (χ4v) is 1.56. The number of hydrogen-bond acceptors (Lipinski definition) is 2. The van der Waals surface area contributed by atoms with Crippen molar-refractivity contribution in [2.24, 2.45) is 0 Å². The van der Waals surface area contributed by atoms with E-state index < -0.39 is 0 Å². The van der Waals surface area contributed by atoms with Crippen LogP contribution in [0.3, 0.4) is 0 Å². The standard InChI is InChI=1S/C9H18N2O2/c1-7(2)10-4-5-11(9(10)13)8(3)6-12/h7-8,12H,4-6H2,1-3H3. The molecule has 4 heteroatoms. The number of aliphatic hydroxyl groups excluding tert-OH is 1. The Morgan fingerprint density at radius 2 is 1.85 bits per heavy atom. The quantitative estimate of drug-likeness (QED) is 0.698. The molecular weight excluding hydrogens is 168 g/mol. The van der Waals surface area contributed by atoms with Gasteiger partial charge >= 0.3 is 6.03 Å². The first-order valence-electron chi connectivity index (χ1n) is 4.76. The maximum absolute atomic E-state index is 11.7. The molecule has 1 unspecified atom stereocenters. The second-order valence-corrected chi connectivity index (χ2v) is 3.79. The van der Waals surface area contributed by atoms with Gasteiger partial charge in [-0.1, -0.05) is 0 Å². The smallest absolute Gasteiger partial charge is 0.320 e. The molecule has 0 aromatic carbocycles. The number of urea groups is 1. The molecule has 1 atom stereocenters. The summed E-state index contributed by atoms with van der Waals surface area (Å²) in [4.78, 5) is 15.2. The first-order chi connectivity index (χ1) is 6.07. The average molecular weight is 186 g/mol. The molecule has 1 fully saturated rings. The van der Waals surface area contributed by atoms with Gasteiger partial charge in [-0.15, -0.1) is 0 Å². The molecule has 1 N–H and O–H groups in total. The minimum atomic E-state index is -0.0590. The third kappa shape index (κ3) is 1.94. The van der Waals surface area contributed by atoms with Gasteiger partial charge in [-0.2, -0.15) is 0 Å². The SMILES string of the molecule is CC(C)N1CCN(C(C)CO)C1=O. The Morgan fingerprint density at radius 1 is 1.31 bits per heavy atom. The topological polar surface area (TPSA) is 43.8 Å². The molecule has 1 heterocycles. The predicted molar refractivity (Wildman–Crippen MR) is 50.5 cm³/mol. The Balaban J connectivity index is 2.60. The average Bonchev–Trinajstić information content (AvgIpc) is 2.46. The van der Waals surface area contributed by atoms with Gasteiger partial charge in [-0.25, -0.2) is 4.79 Å². The fourth-order valence-electron chi connectivity index (χ4n) is 1.56. The van der Waals surface area contributed by atoms with Crippen molar-refractivity contribution in [3.05, 3.63) is 0 Å². The molecule has 1 rings (SSSR count). The Kier molecular flexibility index (Phi) is 3.14. The number of rotatable bonds is 3. The molecule has 76 valence electrons. The lowest BCUT2D eigenvalue weighted by Crippen LogP contribution is -2.41. The molecule has 0 aromatic heterocycles. The van der Waals surface area contributed by atoms with Crippen molar-refractivity contribution in [3.63, 3.8) is 0 Å². The van der Waals surface area contributed by atoms with E-state index in [2.05, 4.69) is 0 Å². The summed E-state index contributed by atoms with van der Waals surface area (Å²) in [6, 6.07) is 0.246. The van der Waals surface area contributed by atoms with Crippen molar-refractivity contribution in [2.45, 2.75) is 32.9 Å². The van der Waals surface area contributed by atoms with Gasteiger partial charge in [0, 0.05) is 19.1 Å². The van der Waals surface area contributed by atoms with E-state index in [9.17, 15) is 4.79 Å². The molecule has 0 aliphatic carbocycles. The molecular formula is C9H18N2O2. The highest BCUT2D eigenvalue weighted by molar-refractivity contribution is 5.77. The van der Waals surface area contributed by atoms with Gasteiger partial charge in [0.2, 0.25) is 0 Å². The van der Waals surface area contributed by atoms with Crippen LogP contribution in [0.4, 0.5) is 4.79 Å². The minimum absolute atomic E-state index is 0.0394. The summed E-state index contributed by atoms with van der Waals surface area (Å²) in [6.45, 7) is 7.43. The number of carbonyl (C=O) groups is 1. The summed E-state index contributed by atoms with van der Waals surface area (Å²) in [5.41, 5.74) is 0. The number of nitrogens with zero attached hydrogens (tertiary/aromatic N) is 2. The number of carbonyl (C=O) groups excluding carboxylic acids is 1. The van der Waals surface area contributed by atoms with Crippen LogP contribution in [0.2, 0.25) is 0 Å². The summed E-state index contributed by atoms with van der Waals surface area (Å²) >= 11 is 0. The number of aliphatic hydroxyl groups is 1. The minimum Gasteiger partial charge on any atom is -0.394 e. The highest BCUT2D eigenvalue weighted by atomic mass is 16.3. The van der Waals surface area contributed by atoms with Gasteiger partial charge in [0.1, 0.15) is 0 Å². The number of hydrogen-bond donors (Lipinski definition) is 1. The van der Waals surface area contributed by atoms with Crippen molar-refractivity contribution >= 4 is 6.03 Å². The largest absolute Gasteiger partial charge is 0.394 e. The highest BCUT2D eigenvalue weighted by Crippen LogP contribution is 2.14. The molecule has 1 aliphatic rings. The van der Waals surface area contributed by atoms with Crippen molar-refractivity contribution in [3.8, 4) is 0 Å². The molecule has 4 nitrogen and oxygen atoms in total. The molecule has 0 aromatic rings. The zero-order valence-electron chi connectivity index (χ0n) is 8.53. The second kappa shape index (κ2) is 3.96. The normalized spacial score (nSPS) is 20.2. The van der Waals surface area contributed by atoms with Gasteiger partial charge < -0.3 is 14.9 Å². The van der Waals surface area contributed by atoms with E-state index in [1.54, 1.807) is 4.90 Å². The Bertz CT molecular complexity index is 194. The summed E-state index contributed by atoms with van der Waals surface area (Å²) in [7, 11) is 0. The number of amides is 2. The molecule has 0 spiro atoms. The van der Waals surface area contributed by atoms with Gasteiger partial charge in [-0.3, -0.25) is 0 Å². The molecule has 1 aliphatic heterocycles. The van der Waals surface area contributed by atoms with E-state index in [0.717, 1.165) is 13.1 Å². The first kappa shape index (κ1) is 10.3. The van der Waals surface area contributed by atoms with Crippen LogP contribution in [-0.4, -0.2) is 52.7 Å². The lowest BCUT2D eigenvalue weighted by atomic mass is 10.3. The Morgan fingerprint density at radius 3 is 2.23 bits per heavy atom. The third-order valence-corrected chi connectivity index (χ3v) is 2.49. The third-order valence-electron chi connectivity index (χ3n) is 2.49.